The monoisotopic (exact) mass is 397 g/mol. The molecule has 1 heterocycles. The van der Waals surface area contributed by atoms with E-state index in [2.05, 4.69) is 34.7 Å². The number of aromatic nitrogens is 2. The third-order valence-electron chi connectivity index (χ3n) is 5.21. The molecule has 1 aromatic heterocycles. The van der Waals surface area contributed by atoms with Gasteiger partial charge in [0.2, 0.25) is 11.3 Å². The van der Waals surface area contributed by atoms with E-state index in [0.29, 0.717) is 11.9 Å². The first-order chi connectivity index (χ1) is 14.6. The molecule has 150 valence electrons. The van der Waals surface area contributed by atoms with Crippen LogP contribution in [0.25, 0.3) is 22.0 Å². The third kappa shape index (κ3) is 4.30. The second kappa shape index (κ2) is 8.74. The van der Waals surface area contributed by atoms with Crippen molar-refractivity contribution in [3.63, 3.8) is 0 Å². The molecule has 0 aliphatic heterocycles. The average Bonchev–Trinajstić information content (AvgIpc) is 2.79. The summed E-state index contributed by atoms with van der Waals surface area (Å²) in [5.74, 6) is -0.0563. The molecule has 0 radical (unpaired) electrons. The largest absolute Gasteiger partial charge is 0.350 e. The minimum absolute atomic E-state index is 0.0563. The summed E-state index contributed by atoms with van der Waals surface area (Å²) in [7, 11) is 0. The number of nitrogens with one attached hydrogen (secondary N) is 1. The van der Waals surface area contributed by atoms with Gasteiger partial charge in [0.15, 0.2) is 0 Å². The summed E-state index contributed by atoms with van der Waals surface area (Å²) in [4.78, 5) is 24.4. The number of hydrogen-bond donors (Lipinski definition) is 1. The zero-order chi connectivity index (χ0) is 20.9. The Labute approximate surface area is 175 Å². The van der Waals surface area contributed by atoms with Crippen LogP contribution in [0.4, 0.5) is 0 Å². The number of para-hydroxylation sites is 1. The Morgan fingerprint density at radius 1 is 0.933 bits per heavy atom. The van der Waals surface area contributed by atoms with Crippen LogP contribution in [0.3, 0.4) is 0 Å². The lowest BCUT2D eigenvalue weighted by atomic mass is 10.0. The van der Waals surface area contributed by atoms with Crippen LogP contribution >= 0.6 is 0 Å². The zero-order valence-electron chi connectivity index (χ0n) is 16.8. The highest BCUT2D eigenvalue weighted by atomic mass is 16.1. The molecule has 0 saturated heterocycles. The molecule has 4 rings (SSSR count). The molecule has 0 saturated carbocycles. The van der Waals surface area contributed by atoms with Crippen LogP contribution in [0.15, 0.2) is 89.9 Å². The summed E-state index contributed by atoms with van der Waals surface area (Å²) < 4.78 is 1.70. The number of nitrogens with zero attached hydrogens (tertiary/aromatic N) is 2. The minimum atomic E-state index is -0.112. The van der Waals surface area contributed by atoms with Crippen LogP contribution in [0.1, 0.15) is 24.9 Å². The maximum absolute atomic E-state index is 12.5. The number of aryl methyl sites for hydroxylation is 1. The first kappa shape index (κ1) is 19.6. The maximum atomic E-state index is 12.5. The molecule has 0 bridgehead atoms. The molecule has 1 unspecified atom stereocenters. The van der Waals surface area contributed by atoms with Crippen LogP contribution in [0.2, 0.25) is 0 Å². The van der Waals surface area contributed by atoms with E-state index < -0.39 is 0 Å². The van der Waals surface area contributed by atoms with E-state index in [1.807, 2.05) is 55.5 Å². The fourth-order valence-electron chi connectivity index (χ4n) is 3.54. The first-order valence-corrected chi connectivity index (χ1v) is 10.0. The second-order valence-electron chi connectivity index (χ2n) is 7.28. The van der Waals surface area contributed by atoms with E-state index in [0.717, 1.165) is 16.6 Å². The Balaban J connectivity index is 1.39. The Bertz CT molecular complexity index is 1210. The number of carbonyl (C=O) groups is 1. The molecular weight excluding hydrogens is 374 g/mol. The summed E-state index contributed by atoms with van der Waals surface area (Å²) in [6.07, 6.45) is 1.59. The van der Waals surface area contributed by atoms with Crippen LogP contribution in [-0.4, -0.2) is 15.7 Å². The van der Waals surface area contributed by atoms with Gasteiger partial charge < -0.3 is 5.32 Å². The van der Waals surface area contributed by atoms with Crippen molar-refractivity contribution in [3.05, 3.63) is 101 Å². The fourth-order valence-corrected chi connectivity index (χ4v) is 3.54. The van der Waals surface area contributed by atoms with Gasteiger partial charge in [-0.1, -0.05) is 66.7 Å². The second-order valence-corrected chi connectivity index (χ2v) is 7.28. The van der Waals surface area contributed by atoms with E-state index in [1.54, 1.807) is 10.7 Å². The molecule has 5 heteroatoms. The molecule has 1 N–H and O–H groups in total. The standard InChI is InChI=1S/C25H23N3O2/c1-18(19-11-13-21(14-12-19)20-7-3-2-4-8-20)27-25(30)15-16-28-23-10-6-5-9-22(23)24(29)17-26-28/h2-14,17-18H,15-16H2,1H3,(H,27,30). The number of carbonyl (C=O) groups excluding carboxylic acids is 1. The summed E-state index contributed by atoms with van der Waals surface area (Å²) in [6, 6.07) is 25.6. The van der Waals surface area contributed by atoms with E-state index in [9.17, 15) is 9.59 Å². The van der Waals surface area contributed by atoms with Gasteiger partial charge in [-0.25, -0.2) is 0 Å². The molecule has 3 aromatic carbocycles. The Kier molecular flexibility index (Phi) is 5.70. The lowest BCUT2D eigenvalue weighted by molar-refractivity contribution is -0.122. The molecule has 1 amide bonds. The Morgan fingerprint density at radius 2 is 1.60 bits per heavy atom. The van der Waals surface area contributed by atoms with Crippen molar-refractivity contribution in [3.8, 4) is 11.1 Å². The van der Waals surface area contributed by atoms with E-state index in [4.69, 9.17) is 0 Å². The molecule has 1 atom stereocenters. The number of rotatable bonds is 6. The Hall–Kier alpha value is -3.73. The molecule has 0 fully saturated rings. The van der Waals surface area contributed by atoms with Crippen molar-refractivity contribution >= 4 is 16.8 Å². The predicted octanol–water partition coefficient (Wildman–Crippen LogP) is 4.33. The number of benzene rings is 3. The van der Waals surface area contributed by atoms with Gasteiger partial charge in [0.05, 0.1) is 24.3 Å². The topological polar surface area (TPSA) is 64.0 Å². The van der Waals surface area contributed by atoms with Crippen LogP contribution in [-0.2, 0) is 11.3 Å². The molecule has 30 heavy (non-hydrogen) atoms. The molecule has 0 aliphatic carbocycles. The quantitative estimate of drug-likeness (QED) is 0.527. The molecular formula is C25H23N3O2. The van der Waals surface area contributed by atoms with Crippen LogP contribution in [0.5, 0.6) is 0 Å². The highest BCUT2D eigenvalue weighted by Crippen LogP contribution is 2.21. The van der Waals surface area contributed by atoms with Gasteiger partial charge in [-0.2, -0.15) is 5.10 Å². The van der Waals surface area contributed by atoms with Crippen molar-refractivity contribution < 1.29 is 4.79 Å². The van der Waals surface area contributed by atoms with Crippen molar-refractivity contribution in [2.24, 2.45) is 0 Å². The lowest BCUT2D eigenvalue weighted by Crippen LogP contribution is -2.28. The highest BCUT2D eigenvalue weighted by Gasteiger charge is 2.11. The van der Waals surface area contributed by atoms with Gasteiger partial charge in [0.25, 0.3) is 0 Å². The first-order valence-electron chi connectivity index (χ1n) is 10.0. The minimum Gasteiger partial charge on any atom is -0.350 e. The predicted molar refractivity (Wildman–Crippen MR) is 119 cm³/mol. The molecule has 0 spiro atoms. The molecule has 5 nitrogen and oxygen atoms in total. The van der Waals surface area contributed by atoms with Crippen molar-refractivity contribution in [1.82, 2.24) is 15.1 Å². The van der Waals surface area contributed by atoms with E-state index in [1.165, 1.54) is 11.8 Å². The Morgan fingerprint density at radius 3 is 2.37 bits per heavy atom. The van der Waals surface area contributed by atoms with Crippen molar-refractivity contribution in [2.75, 3.05) is 0 Å². The zero-order valence-corrected chi connectivity index (χ0v) is 16.8. The van der Waals surface area contributed by atoms with Gasteiger partial charge in [0, 0.05) is 11.8 Å². The summed E-state index contributed by atoms with van der Waals surface area (Å²) in [5, 5.41) is 7.83. The average molecular weight is 397 g/mol. The SMILES string of the molecule is CC(NC(=O)CCn1ncc(=O)c2ccccc21)c1ccc(-c2ccccc2)cc1. The normalized spacial score (nSPS) is 11.9. The fraction of sp³-hybridized carbons (Fsp3) is 0.160. The molecule has 0 aliphatic rings. The van der Waals surface area contributed by atoms with Crippen LogP contribution in [0, 0.1) is 0 Å². The van der Waals surface area contributed by atoms with Gasteiger partial charge in [-0.15, -0.1) is 0 Å². The number of amides is 1. The van der Waals surface area contributed by atoms with Crippen molar-refractivity contribution in [1.29, 1.82) is 0 Å². The smallest absolute Gasteiger partial charge is 0.222 e. The van der Waals surface area contributed by atoms with E-state index >= 15 is 0 Å². The summed E-state index contributed by atoms with van der Waals surface area (Å²) >= 11 is 0. The lowest BCUT2D eigenvalue weighted by Gasteiger charge is -2.16. The summed E-state index contributed by atoms with van der Waals surface area (Å²) in [6.45, 7) is 2.38. The molecule has 4 aromatic rings. The van der Waals surface area contributed by atoms with Gasteiger partial charge in [-0.05, 0) is 35.7 Å². The number of fused-ring (bicyclic) bond motifs is 1. The maximum Gasteiger partial charge on any atom is 0.222 e. The van der Waals surface area contributed by atoms with Crippen molar-refractivity contribution in [2.45, 2.75) is 25.9 Å². The van der Waals surface area contributed by atoms with E-state index in [-0.39, 0.29) is 23.8 Å². The van der Waals surface area contributed by atoms with Gasteiger partial charge >= 0.3 is 0 Å². The van der Waals surface area contributed by atoms with Gasteiger partial charge in [0.1, 0.15) is 0 Å². The highest BCUT2D eigenvalue weighted by molar-refractivity contribution is 5.79. The summed E-state index contributed by atoms with van der Waals surface area (Å²) in [5.41, 5.74) is 3.99. The van der Waals surface area contributed by atoms with Gasteiger partial charge in [-0.3, -0.25) is 14.3 Å². The van der Waals surface area contributed by atoms with Crippen LogP contribution < -0.4 is 10.7 Å². The number of hydrogen-bond acceptors (Lipinski definition) is 3. The third-order valence-corrected chi connectivity index (χ3v) is 5.21.